The number of halogens is 3. The van der Waals surface area contributed by atoms with E-state index in [2.05, 4.69) is 49.2 Å². The van der Waals surface area contributed by atoms with Crippen molar-refractivity contribution in [2.75, 3.05) is 13.1 Å². The second-order valence-electron chi connectivity index (χ2n) is 17.3. The van der Waals surface area contributed by atoms with Gasteiger partial charge < -0.3 is 29.4 Å². The summed E-state index contributed by atoms with van der Waals surface area (Å²) >= 11 is 0. The number of alkyl halides is 3. The highest BCUT2D eigenvalue weighted by atomic mass is 28.4. The molecule has 4 atom stereocenters. The van der Waals surface area contributed by atoms with Gasteiger partial charge in [-0.3, -0.25) is 14.4 Å². The minimum absolute atomic E-state index is 0.0806. The molecule has 2 N–H and O–H groups in total. The number of nitrogens with zero attached hydrogens (tertiary/aromatic N) is 1. The van der Waals surface area contributed by atoms with Gasteiger partial charge in [-0.1, -0.05) is 77.1 Å². The number of benzene rings is 2. The van der Waals surface area contributed by atoms with Crippen molar-refractivity contribution >= 4 is 32.0 Å². The Labute approximate surface area is 325 Å². The maximum atomic E-state index is 14.6. The zero-order chi connectivity index (χ0) is 41.4. The number of nitrogens with one attached hydrogen (secondary N) is 2. The third-order valence-corrected chi connectivity index (χ3v) is 14.6. The summed E-state index contributed by atoms with van der Waals surface area (Å²) in [4.78, 5) is 55.3. The molecule has 3 rings (SSSR count). The van der Waals surface area contributed by atoms with E-state index in [0.717, 1.165) is 5.56 Å². The molecule has 2 aromatic rings. The number of likely N-dealkylation sites (tertiary alicyclic amines) is 1. The number of alkyl carbamates (subject to hydrolysis) is 1. The Morgan fingerprint density at radius 1 is 0.836 bits per heavy atom. The van der Waals surface area contributed by atoms with Gasteiger partial charge >= 0.3 is 12.5 Å². The van der Waals surface area contributed by atoms with Crippen molar-refractivity contribution in [3.05, 3.63) is 65.7 Å². The molecule has 1 aliphatic heterocycles. The molecule has 4 unspecified atom stereocenters. The van der Waals surface area contributed by atoms with Crippen molar-refractivity contribution in [2.24, 2.45) is 11.8 Å². The van der Waals surface area contributed by atoms with E-state index in [4.69, 9.17) is 9.16 Å². The van der Waals surface area contributed by atoms with Crippen LogP contribution in [0, 0.1) is 11.8 Å². The molecule has 306 valence electrons. The van der Waals surface area contributed by atoms with Gasteiger partial charge in [-0.05, 0) is 87.3 Å². The van der Waals surface area contributed by atoms with Gasteiger partial charge in [0.15, 0.2) is 8.32 Å². The number of ether oxygens (including phenoxy) is 2. The van der Waals surface area contributed by atoms with Gasteiger partial charge in [0.25, 0.3) is 0 Å². The zero-order valence-electron chi connectivity index (χ0n) is 34.0. The molecule has 1 heterocycles. The topological polar surface area (TPSA) is 123 Å². The number of ketones is 1. The average molecular weight is 792 g/mol. The lowest BCUT2D eigenvalue weighted by molar-refractivity contribution is -0.274. The number of carbonyl (C=O) groups is 4. The lowest BCUT2D eigenvalue weighted by Gasteiger charge is -2.42. The quantitative estimate of drug-likeness (QED) is 0.175. The molecule has 55 heavy (non-hydrogen) atoms. The number of amides is 3. The highest BCUT2D eigenvalue weighted by molar-refractivity contribution is 6.74. The largest absolute Gasteiger partial charge is 0.573 e. The minimum Gasteiger partial charge on any atom is -0.444 e. The Morgan fingerprint density at radius 2 is 1.40 bits per heavy atom. The fraction of sp³-hybridized carbons (Fsp3) is 0.610. The summed E-state index contributed by atoms with van der Waals surface area (Å²) in [6.45, 7) is 19.9. The molecule has 1 saturated heterocycles. The summed E-state index contributed by atoms with van der Waals surface area (Å²) in [5, 5.41) is 5.79. The predicted octanol–water partition coefficient (Wildman–Crippen LogP) is 7.99. The highest BCUT2D eigenvalue weighted by Gasteiger charge is 2.43. The van der Waals surface area contributed by atoms with E-state index in [9.17, 15) is 32.3 Å². The Hall–Kier alpha value is -3.91. The van der Waals surface area contributed by atoms with Gasteiger partial charge in [0, 0.05) is 31.8 Å². The summed E-state index contributed by atoms with van der Waals surface area (Å²) in [6.07, 6.45) is -5.24. The molecule has 0 aromatic heterocycles. The Balaban J connectivity index is 2.10. The number of carbonyl (C=O) groups excluding carboxylic acids is 4. The van der Waals surface area contributed by atoms with E-state index >= 15 is 0 Å². The summed E-state index contributed by atoms with van der Waals surface area (Å²) < 4.78 is 55.8. The van der Waals surface area contributed by atoms with Crippen molar-refractivity contribution in [2.45, 2.75) is 136 Å². The summed E-state index contributed by atoms with van der Waals surface area (Å²) in [5.41, 5.74) is 0.684. The average Bonchev–Trinajstić information content (AvgIpc) is 3.05. The molecule has 3 amide bonds. The summed E-state index contributed by atoms with van der Waals surface area (Å²) in [6, 6.07) is 13.3. The fourth-order valence-corrected chi connectivity index (χ4v) is 7.46. The normalized spacial score (nSPS) is 16.5. The first kappa shape index (κ1) is 45.5. The summed E-state index contributed by atoms with van der Waals surface area (Å²) in [5.74, 6) is -2.21. The smallest absolute Gasteiger partial charge is 0.444 e. The first-order chi connectivity index (χ1) is 25.3. The predicted molar refractivity (Wildman–Crippen MR) is 208 cm³/mol. The minimum atomic E-state index is -4.87. The van der Waals surface area contributed by atoms with Gasteiger partial charge in [-0.2, -0.15) is 0 Å². The molecular weight excluding hydrogens is 732 g/mol. The van der Waals surface area contributed by atoms with Crippen LogP contribution >= 0.6 is 0 Å². The SMILES string of the molecule is CC(C)C(NC(=O)C(Cc1ccc(OC(F)(F)F)cc1)CC(O[Si](C)(C)C(C)(C)C)C(Cc1ccccc1)NC(=O)OC(C)(C)C)C(=O)N1CCC(=O)CC1. The maximum Gasteiger partial charge on any atom is 0.573 e. The Kier molecular flexibility index (Phi) is 15.6. The van der Waals surface area contributed by atoms with Crippen LogP contribution in [0.25, 0.3) is 0 Å². The second kappa shape index (κ2) is 18.8. The van der Waals surface area contributed by atoms with E-state index in [-0.39, 0.29) is 61.4 Å². The lowest BCUT2D eigenvalue weighted by atomic mass is 9.88. The fourth-order valence-electron chi connectivity index (χ4n) is 6.09. The molecule has 0 bridgehead atoms. The third kappa shape index (κ3) is 14.9. The Bertz CT molecular complexity index is 1580. The molecule has 1 aliphatic rings. The van der Waals surface area contributed by atoms with Gasteiger partial charge in [-0.25, -0.2) is 4.79 Å². The van der Waals surface area contributed by atoms with Gasteiger partial charge in [0.1, 0.15) is 23.2 Å². The lowest BCUT2D eigenvalue weighted by Crippen LogP contribution is -2.56. The molecule has 0 aliphatic carbocycles. The maximum absolute atomic E-state index is 14.6. The van der Waals surface area contributed by atoms with Crippen molar-refractivity contribution in [3.8, 4) is 5.75 Å². The summed E-state index contributed by atoms with van der Waals surface area (Å²) in [7, 11) is -2.60. The number of Topliss-reactive ketones (excluding diaryl/α,β-unsaturated/α-hetero) is 1. The van der Waals surface area contributed by atoms with E-state index < -0.39 is 62.1 Å². The number of hydrogen-bond acceptors (Lipinski definition) is 7. The van der Waals surface area contributed by atoms with Crippen molar-refractivity contribution in [3.63, 3.8) is 0 Å². The highest BCUT2D eigenvalue weighted by Crippen LogP contribution is 2.39. The molecule has 0 radical (unpaired) electrons. The molecule has 0 saturated carbocycles. The number of hydrogen-bond donors (Lipinski definition) is 2. The van der Waals surface area contributed by atoms with E-state index in [0.29, 0.717) is 12.0 Å². The van der Waals surface area contributed by atoms with Crippen LogP contribution < -0.4 is 15.4 Å². The number of piperidine rings is 1. The van der Waals surface area contributed by atoms with Crippen molar-refractivity contribution in [1.29, 1.82) is 0 Å². The van der Waals surface area contributed by atoms with Gasteiger partial charge in [0.05, 0.1) is 12.1 Å². The van der Waals surface area contributed by atoms with Crippen LogP contribution in [0.5, 0.6) is 5.75 Å². The van der Waals surface area contributed by atoms with Gasteiger partial charge in [-0.15, -0.1) is 13.2 Å². The van der Waals surface area contributed by atoms with E-state index in [1.807, 2.05) is 44.2 Å². The van der Waals surface area contributed by atoms with Crippen LogP contribution in [-0.2, 0) is 36.4 Å². The molecule has 2 aromatic carbocycles. The van der Waals surface area contributed by atoms with Crippen molar-refractivity contribution in [1.82, 2.24) is 15.5 Å². The molecular formula is C41H60F3N3O7Si. The van der Waals surface area contributed by atoms with Crippen LogP contribution in [0.1, 0.15) is 85.8 Å². The van der Waals surface area contributed by atoms with Crippen LogP contribution in [-0.4, -0.2) is 80.1 Å². The van der Waals surface area contributed by atoms with E-state index in [1.54, 1.807) is 25.7 Å². The molecule has 0 spiro atoms. The van der Waals surface area contributed by atoms with Crippen LogP contribution in [0.3, 0.4) is 0 Å². The molecule has 10 nitrogen and oxygen atoms in total. The van der Waals surface area contributed by atoms with Crippen LogP contribution in [0.2, 0.25) is 18.1 Å². The third-order valence-electron chi connectivity index (χ3n) is 10.1. The second-order valence-corrected chi connectivity index (χ2v) is 22.0. The van der Waals surface area contributed by atoms with Crippen LogP contribution in [0.15, 0.2) is 54.6 Å². The van der Waals surface area contributed by atoms with E-state index in [1.165, 1.54) is 24.3 Å². The zero-order valence-corrected chi connectivity index (χ0v) is 35.0. The Morgan fingerprint density at radius 3 is 1.91 bits per heavy atom. The van der Waals surface area contributed by atoms with Gasteiger partial charge in [0.2, 0.25) is 11.8 Å². The van der Waals surface area contributed by atoms with Crippen molar-refractivity contribution < 1.29 is 46.2 Å². The number of rotatable bonds is 15. The standard InChI is InChI=1S/C41H60F3N3O7Si/c1-27(2)35(37(50)47-22-20-31(48)21-23-47)46-36(49)30(24-29-16-18-32(19-17-29)52-41(42,43)44)26-34(54-55(9,10)40(6,7)8)33(25-28-14-12-11-13-15-28)45-38(51)53-39(3,4)5/h11-19,27,30,33-35H,20-26H2,1-10H3,(H,45,51)(H,46,49). The first-order valence-corrected chi connectivity index (χ1v) is 21.9. The molecule has 1 fully saturated rings. The first-order valence-electron chi connectivity index (χ1n) is 19.0. The van der Waals surface area contributed by atoms with Crippen LogP contribution in [0.4, 0.5) is 18.0 Å². The molecule has 14 heteroatoms. The monoisotopic (exact) mass is 791 g/mol.